The predicted molar refractivity (Wildman–Crippen MR) is 85.0 cm³/mol. The molecule has 106 valence electrons. The molecule has 1 aliphatic heterocycles. The van der Waals surface area contributed by atoms with E-state index in [4.69, 9.17) is 0 Å². The third kappa shape index (κ3) is 5.17. The molecule has 19 heavy (non-hydrogen) atoms. The normalized spacial score (nSPS) is 20.6. The number of thioether (sulfide) groups is 1. The Bertz CT molecular complexity index is 362. The maximum Gasteiger partial charge on any atom is 0.0108 e. The van der Waals surface area contributed by atoms with Crippen molar-refractivity contribution < 1.29 is 0 Å². The zero-order valence-corrected chi connectivity index (χ0v) is 13.0. The lowest BCUT2D eigenvalue weighted by Gasteiger charge is -2.32. The Morgan fingerprint density at radius 1 is 1.32 bits per heavy atom. The van der Waals surface area contributed by atoms with Crippen molar-refractivity contribution in [2.45, 2.75) is 24.7 Å². The van der Waals surface area contributed by atoms with Crippen molar-refractivity contribution >= 4 is 11.8 Å². The van der Waals surface area contributed by atoms with Gasteiger partial charge in [0.05, 0.1) is 0 Å². The van der Waals surface area contributed by atoms with E-state index in [0.717, 1.165) is 5.92 Å². The highest BCUT2D eigenvalue weighted by Crippen LogP contribution is 2.20. The van der Waals surface area contributed by atoms with Crippen LogP contribution in [-0.2, 0) is 0 Å². The largest absolute Gasteiger partial charge is 0.319 e. The third-order valence-electron chi connectivity index (χ3n) is 3.79. The van der Waals surface area contributed by atoms with Crippen LogP contribution < -0.4 is 5.32 Å². The van der Waals surface area contributed by atoms with Crippen LogP contribution in [0, 0.1) is 12.8 Å². The molecule has 1 N–H and O–H groups in total. The van der Waals surface area contributed by atoms with Crippen LogP contribution in [0.1, 0.15) is 18.4 Å². The minimum Gasteiger partial charge on any atom is -0.319 e. The van der Waals surface area contributed by atoms with Gasteiger partial charge in [-0.3, -0.25) is 0 Å². The molecule has 3 heteroatoms. The molecule has 1 aromatic carbocycles. The van der Waals surface area contributed by atoms with E-state index >= 15 is 0 Å². The molecule has 0 saturated carbocycles. The van der Waals surface area contributed by atoms with E-state index < -0.39 is 0 Å². The highest BCUT2D eigenvalue weighted by molar-refractivity contribution is 7.99. The Balaban J connectivity index is 1.69. The fourth-order valence-corrected chi connectivity index (χ4v) is 3.65. The van der Waals surface area contributed by atoms with E-state index in [2.05, 4.69) is 48.5 Å². The van der Waals surface area contributed by atoms with E-state index in [-0.39, 0.29) is 0 Å². The number of likely N-dealkylation sites (tertiary alicyclic amines) is 1. The molecule has 0 radical (unpaired) electrons. The number of benzene rings is 1. The van der Waals surface area contributed by atoms with Gasteiger partial charge in [-0.2, -0.15) is 0 Å². The maximum absolute atomic E-state index is 3.31. The Kier molecular flexibility index (Phi) is 6.21. The second kappa shape index (κ2) is 7.93. The topological polar surface area (TPSA) is 15.3 Å². The molecule has 0 amide bonds. The molecule has 0 spiro atoms. The van der Waals surface area contributed by atoms with Gasteiger partial charge in [0.15, 0.2) is 0 Å². The van der Waals surface area contributed by atoms with Crippen molar-refractivity contribution in [1.82, 2.24) is 10.2 Å². The fourth-order valence-electron chi connectivity index (χ4n) is 2.74. The number of nitrogens with one attached hydrogen (secondary N) is 1. The summed E-state index contributed by atoms with van der Waals surface area (Å²) < 4.78 is 0. The van der Waals surface area contributed by atoms with E-state index in [0.29, 0.717) is 0 Å². The first-order valence-electron chi connectivity index (χ1n) is 7.34. The predicted octanol–water partition coefficient (Wildman–Crippen LogP) is 3.02. The zero-order chi connectivity index (χ0) is 13.5. The lowest BCUT2D eigenvalue weighted by Crippen LogP contribution is -2.40. The molecule has 1 heterocycles. The average molecular weight is 278 g/mol. The minimum atomic E-state index is 0.850. The van der Waals surface area contributed by atoms with E-state index in [1.54, 1.807) is 0 Å². The highest BCUT2D eigenvalue weighted by atomic mass is 32.2. The van der Waals surface area contributed by atoms with Crippen LogP contribution in [0.5, 0.6) is 0 Å². The number of hydrogen-bond acceptors (Lipinski definition) is 3. The standard InChI is InChI=1S/C16H26N2S/c1-14-5-7-16(8-6-14)19-11-10-18-9-3-4-15(13-18)12-17-2/h5-8,15,17H,3-4,9-13H2,1-2H3. The molecule has 1 unspecified atom stereocenters. The van der Waals surface area contributed by atoms with Crippen molar-refractivity contribution in [2.24, 2.45) is 5.92 Å². The van der Waals surface area contributed by atoms with Crippen molar-refractivity contribution in [3.8, 4) is 0 Å². The maximum atomic E-state index is 3.31. The molecular formula is C16H26N2S. The summed E-state index contributed by atoms with van der Waals surface area (Å²) in [6.45, 7) is 7.09. The van der Waals surface area contributed by atoms with Crippen LogP contribution in [0.3, 0.4) is 0 Å². The van der Waals surface area contributed by atoms with Gasteiger partial charge in [0.1, 0.15) is 0 Å². The monoisotopic (exact) mass is 278 g/mol. The van der Waals surface area contributed by atoms with Gasteiger partial charge in [-0.1, -0.05) is 17.7 Å². The van der Waals surface area contributed by atoms with Gasteiger partial charge in [-0.25, -0.2) is 0 Å². The van der Waals surface area contributed by atoms with Gasteiger partial charge < -0.3 is 10.2 Å². The summed E-state index contributed by atoms with van der Waals surface area (Å²) in [6, 6.07) is 8.87. The third-order valence-corrected chi connectivity index (χ3v) is 4.79. The lowest BCUT2D eigenvalue weighted by atomic mass is 9.98. The number of aryl methyl sites for hydroxylation is 1. The molecule has 2 rings (SSSR count). The van der Waals surface area contributed by atoms with Crippen LogP contribution in [0.2, 0.25) is 0 Å². The summed E-state index contributed by atoms with van der Waals surface area (Å²) in [5.74, 6) is 2.05. The quantitative estimate of drug-likeness (QED) is 0.805. The molecule has 2 nitrogen and oxygen atoms in total. The molecule has 0 aromatic heterocycles. The highest BCUT2D eigenvalue weighted by Gasteiger charge is 2.18. The first-order chi connectivity index (χ1) is 9.28. The SMILES string of the molecule is CNCC1CCCN(CCSc2ccc(C)cc2)C1. The molecule has 1 aromatic rings. The Morgan fingerprint density at radius 2 is 2.11 bits per heavy atom. The number of nitrogens with zero attached hydrogens (tertiary/aromatic N) is 1. The molecular weight excluding hydrogens is 252 g/mol. The summed E-state index contributed by atoms with van der Waals surface area (Å²) in [5, 5.41) is 3.31. The van der Waals surface area contributed by atoms with Gasteiger partial charge >= 0.3 is 0 Å². The molecule has 0 aliphatic carbocycles. The summed E-state index contributed by atoms with van der Waals surface area (Å²) in [7, 11) is 2.06. The van der Waals surface area contributed by atoms with Crippen LogP contribution in [-0.4, -0.2) is 43.9 Å². The summed E-state index contributed by atoms with van der Waals surface area (Å²) >= 11 is 1.98. The zero-order valence-electron chi connectivity index (χ0n) is 12.2. The summed E-state index contributed by atoms with van der Waals surface area (Å²) in [4.78, 5) is 4.03. The van der Waals surface area contributed by atoms with Crippen molar-refractivity contribution in [2.75, 3.05) is 39.0 Å². The van der Waals surface area contributed by atoms with Gasteiger partial charge in [0.2, 0.25) is 0 Å². The molecule has 1 atom stereocenters. The second-order valence-electron chi connectivity index (χ2n) is 5.53. The van der Waals surface area contributed by atoms with Crippen LogP contribution >= 0.6 is 11.8 Å². The molecule has 1 aliphatic rings. The summed E-state index contributed by atoms with van der Waals surface area (Å²) in [6.07, 6.45) is 2.75. The Morgan fingerprint density at radius 3 is 2.84 bits per heavy atom. The van der Waals surface area contributed by atoms with Gasteiger partial charge in [0, 0.05) is 23.7 Å². The smallest absolute Gasteiger partial charge is 0.0108 e. The van der Waals surface area contributed by atoms with Gasteiger partial charge in [0.25, 0.3) is 0 Å². The first-order valence-corrected chi connectivity index (χ1v) is 8.33. The van der Waals surface area contributed by atoms with Crippen LogP contribution in [0.25, 0.3) is 0 Å². The summed E-state index contributed by atoms with van der Waals surface area (Å²) in [5.41, 5.74) is 1.34. The molecule has 1 saturated heterocycles. The van der Waals surface area contributed by atoms with Crippen LogP contribution in [0.15, 0.2) is 29.2 Å². The molecule has 1 fully saturated rings. The Labute approximate surface area is 122 Å². The molecule has 0 bridgehead atoms. The Hall–Kier alpha value is -0.510. The van der Waals surface area contributed by atoms with E-state index in [1.165, 1.54) is 55.2 Å². The number of hydrogen-bond donors (Lipinski definition) is 1. The van der Waals surface area contributed by atoms with E-state index in [1.807, 2.05) is 11.8 Å². The van der Waals surface area contributed by atoms with Crippen molar-refractivity contribution in [3.05, 3.63) is 29.8 Å². The van der Waals surface area contributed by atoms with Gasteiger partial charge in [-0.05, 0) is 58.0 Å². The first kappa shape index (κ1) is 14.9. The fraction of sp³-hybridized carbons (Fsp3) is 0.625. The van der Waals surface area contributed by atoms with Gasteiger partial charge in [-0.15, -0.1) is 11.8 Å². The lowest BCUT2D eigenvalue weighted by molar-refractivity contribution is 0.183. The average Bonchev–Trinajstić information content (AvgIpc) is 2.42. The van der Waals surface area contributed by atoms with Crippen molar-refractivity contribution in [3.63, 3.8) is 0 Å². The number of piperidine rings is 1. The second-order valence-corrected chi connectivity index (χ2v) is 6.70. The number of rotatable bonds is 6. The van der Waals surface area contributed by atoms with Crippen molar-refractivity contribution in [1.29, 1.82) is 0 Å². The van der Waals surface area contributed by atoms with Crippen LogP contribution in [0.4, 0.5) is 0 Å². The minimum absolute atomic E-state index is 0.850. The van der Waals surface area contributed by atoms with E-state index in [9.17, 15) is 0 Å².